The van der Waals surface area contributed by atoms with Crippen molar-refractivity contribution in [3.8, 4) is 5.75 Å². The van der Waals surface area contributed by atoms with Crippen molar-refractivity contribution in [1.29, 1.82) is 0 Å². The first-order valence-corrected chi connectivity index (χ1v) is 10.5. The average molecular weight is 429 g/mol. The number of benzene rings is 2. The van der Waals surface area contributed by atoms with Gasteiger partial charge in [0.25, 0.3) is 5.91 Å². The molecule has 158 valence electrons. The van der Waals surface area contributed by atoms with Crippen molar-refractivity contribution >= 4 is 23.4 Å². The second-order valence-electron chi connectivity index (χ2n) is 7.64. The zero-order chi connectivity index (χ0) is 21.1. The summed E-state index contributed by atoms with van der Waals surface area (Å²) in [5, 5.41) is 0.521. The number of amides is 2. The third-order valence-electron chi connectivity index (χ3n) is 5.86. The average Bonchev–Trinajstić information content (AvgIpc) is 3.24. The number of hydrogen-bond acceptors (Lipinski definition) is 4. The van der Waals surface area contributed by atoms with Gasteiger partial charge in [-0.2, -0.15) is 0 Å². The molecular formula is C23H25ClN2O4. The van der Waals surface area contributed by atoms with Gasteiger partial charge in [0.05, 0.1) is 26.2 Å². The van der Waals surface area contributed by atoms with Gasteiger partial charge in [0.2, 0.25) is 5.91 Å². The van der Waals surface area contributed by atoms with E-state index in [1.54, 1.807) is 36.3 Å². The summed E-state index contributed by atoms with van der Waals surface area (Å²) in [6, 6.07) is 14.7. The molecule has 2 aliphatic heterocycles. The molecule has 2 aromatic carbocycles. The lowest BCUT2D eigenvalue weighted by Gasteiger charge is -2.30. The number of methoxy groups -OCH3 is 1. The molecule has 30 heavy (non-hydrogen) atoms. The van der Waals surface area contributed by atoms with E-state index in [4.69, 9.17) is 21.1 Å². The fourth-order valence-electron chi connectivity index (χ4n) is 4.23. The molecule has 0 unspecified atom stereocenters. The second kappa shape index (κ2) is 9.06. The molecule has 2 heterocycles. The Morgan fingerprint density at radius 1 is 1.03 bits per heavy atom. The Bertz CT molecular complexity index is 912. The maximum Gasteiger partial charge on any atom is 0.253 e. The van der Waals surface area contributed by atoms with Crippen LogP contribution in [0, 0.1) is 5.92 Å². The molecule has 2 fully saturated rings. The van der Waals surface area contributed by atoms with Crippen molar-refractivity contribution in [2.75, 3.05) is 46.5 Å². The van der Waals surface area contributed by atoms with Gasteiger partial charge in [0.15, 0.2) is 0 Å². The highest BCUT2D eigenvalue weighted by atomic mass is 35.5. The lowest BCUT2D eigenvalue weighted by atomic mass is 9.88. The standard InChI is InChI=1S/C23H25ClN2O4/c1-29-19-7-5-16(6-8-19)20-14-26(22(27)17-3-2-4-18(24)13-17)15-21(20)23(28)25-9-11-30-12-10-25/h2-8,13,20-21H,9-12,14-15H2,1H3/t20-,21-/m1/s1. The molecule has 0 bridgehead atoms. The summed E-state index contributed by atoms with van der Waals surface area (Å²) < 4.78 is 10.7. The molecule has 0 saturated carbocycles. The van der Waals surface area contributed by atoms with Crippen LogP contribution >= 0.6 is 11.6 Å². The van der Waals surface area contributed by atoms with Gasteiger partial charge in [-0.15, -0.1) is 0 Å². The van der Waals surface area contributed by atoms with E-state index in [1.165, 1.54) is 0 Å². The molecule has 6 nitrogen and oxygen atoms in total. The molecular weight excluding hydrogens is 404 g/mol. The highest BCUT2D eigenvalue weighted by Gasteiger charge is 2.42. The van der Waals surface area contributed by atoms with E-state index < -0.39 is 0 Å². The smallest absolute Gasteiger partial charge is 0.253 e. The molecule has 7 heteroatoms. The van der Waals surface area contributed by atoms with Crippen LogP contribution in [0.15, 0.2) is 48.5 Å². The fourth-order valence-corrected chi connectivity index (χ4v) is 4.42. The van der Waals surface area contributed by atoms with Crippen LogP contribution in [0.4, 0.5) is 0 Å². The summed E-state index contributed by atoms with van der Waals surface area (Å²) in [5.41, 5.74) is 1.57. The number of carbonyl (C=O) groups excluding carboxylic acids is 2. The van der Waals surface area contributed by atoms with Gasteiger partial charge in [0.1, 0.15) is 5.75 Å². The molecule has 2 aromatic rings. The maximum atomic E-state index is 13.4. The monoisotopic (exact) mass is 428 g/mol. The number of hydrogen-bond donors (Lipinski definition) is 0. The Morgan fingerprint density at radius 2 is 1.77 bits per heavy atom. The summed E-state index contributed by atoms with van der Waals surface area (Å²) in [6.45, 7) is 3.16. The predicted molar refractivity (Wildman–Crippen MR) is 114 cm³/mol. The molecule has 4 rings (SSSR count). The third kappa shape index (κ3) is 4.30. The number of rotatable bonds is 4. The maximum absolute atomic E-state index is 13.4. The summed E-state index contributed by atoms with van der Waals surface area (Å²) in [4.78, 5) is 30.1. The molecule has 2 aliphatic rings. The number of likely N-dealkylation sites (tertiary alicyclic amines) is 1. The first kappa shape index (κ1) is 20.7. The molecule has 0 radical (unpaired) electrons. The van der Waals surface area contributed by atoms with E-state index >= 15 is 0 Å². The Kier molecular flexibility index (Phi) is 6.25. The van der Waals surface area contributed by atoms with Crippen LogP contribution in [0.2, 0.25) is 5.02 Å². The van der Waals surface area contributed by atoms with Crippen LogP contribution in [0.1, 0.15) is 21.8 Å². The minimum atomic E-state index is -0.292. The molecule has 0 aromatic heterocycles. The van der Waals surface area contributed by atoms with Crippen molar-refractivity contribution in [3.63, 3.8) is 0 Å². The Labute approximate surface area is 181 Å². The van der Waals surface area contributed by atoms with Crippen LogP contribution in [-0.2, 0) is 9.53 Å². The first-order chi connectivity index (χ1) is 14.6. The second-order valence-corrected chi connectivity index (χ2v) is 8.08. The lowest BCUT2D eigenvalue weighted by Crippen LogP contribution is -2.45. The van der Waals surface area contributed by atoms with Crippen LogP contribution < -0.4 is 4.74 Å². The number of ether oxygens (including phenoxy) is 2. The molecule has 0 aliphatic carbocycles. The van der Waals surface area contributed by atoms with Crippen molar-refractivity contribution in [1.82, 2.24) is 9.80 Å². The molecule has 2 saturated heterocycles. The Balaban J connectivity index is 1.60. The Hall–Kier alpha value is -2.57. The quantitative estimate of drug-likeness (QED) is 0.751. The van der Waals surface area contributed by atoms with Crippen molar-refractivity contribution in [2.24, 2.45) is 5.92 Å². The predicted octanol–water partition coefficient (Wildman–Crippen LogP) is 3.06. The lowest BCUT2D eigenvalue weighted by molar-refractivity contribution is -0.139. The summed E-state index contributed by atoms with van der Waals surface area (Å²) in [6.07, 6.45) is 0. The zero-order valence-corrected chi connectivity index (χ0v) is 17.7. The minimum Gasteiger partial charge on any atom is -0.497 e. The summed E-state index contributed by atoms with van der Waals surface area (Å²) in [5.74, 6) is 0.377. The van der Waals surface area contributed by atoms with E-state index in [0.717, 1.165) is 11.3 Å². The van der Waals surface area contributed by atoms with Gasteiger partial charge in [-0.05, 0) is 35.9 Å². The van der Waals surface area contributed by atoms with Crippen molar-refractivity contribution < 1.29 is 19.1 Å². The van der Waals surface area contributed by atoms with Gasteiger partial charge in [0, 0.05) is 42.7 Å². The van der Waals surface area contributed by atoms with E-state index in [1.807, 2.05) is 29.2 Å². The van der Waals surface area contributed by atoms with E-state index in [9.17, 15) is 9.59 Å². The molecule has 2 amide bonds. The molecule has 0 spiro atoms. The van der Waals surface area contributed by atoms with Crippen LogP contribution in [0.3, 0.4) is 0 Å². The summed E-state index contributed by atoms with van der Waals surface area (Å²) in [7, 11) is 1.63. The number of halogens is 1. The number of nitrogens with zero attached hydrogens (tertiary/aromatic N) is 2. The largest absolute Gasteiger partial charge is 0.497 e. The van der Waals surface area contributed by atoms with Crippen LogP contribution in [-0.4, -0.2) is 68.1 Å². The molecule has 2 atom stereocenters. The van der Waals surface area contributed by atoms with Crippen LogP contribution in [0.5, 0.6) is 5.75 Å². The third-order valence-corrected chi connectivity index (χ3v) is 6.10. The van der Waals surface area contributed by atoms with E-state index in [-0.39, 0.29) is 23.7 Å². The van der Waals surface area contributed by atoms with Gasteiger partial charge < -0.3 is 19.3 Å². The van der Waals surface area contributed by atoms with Crippen LogP contribution in [0.25, 0.3) is 0 Å². The normalized spacial score (nSPS) is 21.5. The van der Waals surface area contributed by atoms with E-state index in [2.05, 4.69) is 0 Å². The van der Waals surface area contributed by atoms with Gasteiger partial charge in [-0.25, -0.2) is 0 Å². The minimum absolute atomic E-state index is 0.0746. The van der Waals surface area contributed by atoms with Gasteiger partial charge >= 0.3 is 0 Å². The van der Waals surface area contributed by atoms with Crippen molar-refractivity contribution in [3.05, 3.63) is 64.7 Å². The van der Waals surface area contributed by atoms with Crippen molar-refractivity contribution in [2.45, 2.75) is 5.92 Å². The van der Waals surface area contributed by atoms with Gasteiger partial charge in [-0.1, -0.05) is 29.8 Å². The highest BCUT2D eigenvalue weighted by Crippen LogP contribution is 2.36. The molecule has 0 N–H and O–H groups in total. The number of morpholine rings is 1. The van der Waals surface area contributed by atoms with E-state index in [0.29, 0.717) is 50.0 Å². The first-order valence-electron chi connectivity index (χ1n) is 10.1. The van der Waals surface area contributed by atoms with Gasteiger partial charge in [-0.3, -0.25) is 9.59 Å². The fraction of sp³-hybridized carbons (Fsp3) is 0.391. The summed E-state index contributed by atoms with van der Waals surface area (Å²) >= 11 is 6.07. The topological polar surface area (TPSA) is 59.1 Å². The SMILES string of the molecule is COc1ccc([C@H]2CN(C(=O)c3cccc(Cl)c3)C[C@H]2C(=O)N2CCOCC2)cc1. The number of carbonyl (C=O) groups is 2. The Morgan fingerprint density at radius 3 is 2.43 bits per heavy atom. The zero-order valence-electron chi connectivity index (χ0n) is 16.9. The highest BCUT2D eigenvalue weighted by molar-refractivity contribution is 6.30.